The van der Waals surface area contributed by atoms with Gasteiger partial charge in [-0.1, -0.05) is 19.7 Å². The van der Waals surface area contributed by atoms with E-state index >= 15 is 0 Å². The number of aliphatic hydroxyl groups is 1. The van der Waals surface area contributed by atoms with Gasteiger partial charge in [-0.2, -0.15) is 0 Å². The smallest absolute Gasteiger partial charge is 0.331 e. The van der Waals surface area contributed by atoms with Crippen LogP contribution >= 0.6 is 0 Å². The third-order valence-corrected chi connectivity index (χ3v) is 1.39. The third-order valence-electron chi connectivity index (χ3n) is 1.39. The molecule has 1 atom stereocenters. The number of esters is 1. The summed E-state index contributed by atoms with van der Waals surface area (Å²) in [6, 6.07) is 0. The van der Waals surface area contributed by atoms with E-state index in [1.807, 2.05) is 0 Å². The van der Waals surface area contributed by atoms with Gasteiger partial charge in [0, 0.05) is 24.1 Å². The molecule has 0 aliphatic heterocycles. The molecule has 0 aromatic heterocycles. The van der Waals surface area contributed by atoms with Crippen molar-refractivity contribution in [2.75, 3.05) is 7.11 Å². The van der Waals surface area contributed by atoms with Crippen molar-refractivity contribution in [3.63, 3.8) is 0 Å². The number of carboxylic acid groups (broad SMARTS) is 2. The molecule has 0 saturated carbocycles. The molecule has 0 amide bonds. The van der Waals surface area contributed by atoms with Gasteiger partial charge in [-0.15, -0.1) is 0 Å². The molecule has 0 saturated heterocycles. The zero-order chi connectivity index (χ0) is 16.7. The summed E-state index contributed by atoms with van der Waals surface area (Å²) >= 11 is 0. The number of methoxy groups -OCH3 is 1. The fourth-order valence-electron chi connectivity index (χ4n) is 0.527. The fraction of sp³-hybridized carbons (Fsp3) is 0.308. The first-order valence-corrected chi connectivity index (χ1v) is 5.27. The number of aliphatic carboxylic acids is 2. The van der Waals surface area contributed by atoms with Crippen LogP contribution in [0.15, 0.2) is 37.5 Å². The molecule has 0 aromatic rings. The fourth-order valence-corrected chi connectivity index (χ4v) is 0.527. The van der Waals surface area contributed by atoms with E-state index in [9.17, 15) is 14.4 Å². The Morgan fingerprint density at radius 2 is 1.60 bits per heavy atom. The molecule has 0 heterocycles. The van der Waals surface area contributed by atoms with Gasteiger partial charge in [-0.05, 0) is 6.92 Å². The van der Waals surface area contributed by atoms with E-state index in [1.165, 1.54) is 14.0 Å². The lowest BCUT2D eigenvalue weighted by atomic mass is 10.1. The van der Waals surface area contributed by atoms with Gasteiger partial charge in [0.1, 0.15) is 0 Å². The molecular weight excluding hydrogens is 268 g/mol. The molecule has 7 nitrogen and oxygen atoms in total. The summed E-state index contributed by atoms with van der Waals surface area (Å²) in [6.07, 6.45) is 1.46. The molecule has 0 bridgehead atoms. The molecule has 0 fully saturated rings. The lowest BCUT2D eigenvalue weighted by Gasteiger charge is -2.01. The van der Waals surface area contributed by atoms with Gasteiger partial charge in [0.25, 0.3) is 0 Å². The number of carbonyl (C=O) groups is 3. The van der Waals surface area contributed by atoms with Crippen LogP contribution < -0.4 is 0 Å². The monoisotopic (exact) mass is 288 g/mol. The molecule has 7 heteroatoms. The predicted molar refractivity (Wildman–Crippen MR) is 73.1 cm³/mol. The maximum absolute atomic E-state index is 10.0. The summed E-state index contributed by atoms with van der Waals surface area (Å²) < 4.78 is 4.14. The van der Waals surface area contributed by atoms with Crippen molar-refractivity contribution >= 4 is 17.9 Å². The van der Waals surface area contributed by atoms with Crippen molar-refractivity contribution in [1.82, 2.24) is 0 Å². The Balaban J connectivity index is -0.000000230. The Morgan fingerprint density at radius 3 is 1.65 bits per heavy atom. The Morgan fingerprint density at radius 1 is 1.20 bits per heavy atom. The quantitative estimate of drug-likeness (QED) is 0.509. The lowest BCUT2D eigenvalue weighted by molar-refractivity contribution is -0.135. The highest BCUT2D eigenvalue weighted by Gasteiger charge is 2.05. The number of ether oxygens (including phenoxy) is 1. The van der Waals surface area contributed by atoms with Crippen LogP contribution in [0.25, 0.3) is 0 Å². The van der Waals surface area contributed by atoms with E-state index < -0.39 is 24.0 Å². The number of hydrogen-bond donors (Lipinski definition) is 3. The van der Waals surface area contributed by atoms with Crippen LogP contribution in [0.3, 0.4) is 0 Å². The van der Waals surface area contributed by atoms with Gasteiger partial charge in [-0.25, -0.2) is 14.4 Å². The van der Waals surface area contributed by atoms with Crippen molar-refractivity contribution in [2.24, 2.45) is 0 Å². The largest absolute Gasteiger partial charge is 0.478 e. The van der Waals surface area contributed by atoms with E-state index in [1.54, 1.807) is 0 Å². The van der Waals surface area contributed by atoms with Gasteiger partial charge in [0.15, 0.2) is 0 Å². The zero-order valence-corrected chi connectivity index (χ0v) is 11.5. The molecule has 1 unspecified atom stereocenters. The average Bonchev–Trinajstić information content (AvgIpc) is 2.38. The number of hydrogen-bond acceptors (Lipinski definition) is 5. The van der Waals surface area contributed by atoms with Gasteiger partial charge in [-0.3, -0.25) is 0 Å². The normalized spacial score (nSPS) is 9.35. The predicted octanol–water partition coefficient (Wildman–Crippen LogP) is 1.00. The van der Waals surface area contributed by atoms with Crippen molar-refractivity contribution in [3.8, 4) is 0 Å². The molecule has 3 N–H and O–H groups in total. The van der Waals surface area contributed by atoms with E-state index in [0.717, 1.165) is 12.2 Å². The van der Waals surface area contributed by atoms with Crippen LogP contribution in [0.4, 0.5) is 0 Å². The minimum atomic E-state index is -1.05. The maximum Gasteiger partial charge on any atom is 0.331 e. The van der Waals surface area contributed by atoms with Crippen LogP contribution in [-0.2, 0) is 19.1 Å². The van der Waals surface area contributed by atoms with Crippen LogP contribution in [0, 0.1) is 0 Å². The highest BCUT2D eigenvalue weighted by Crippen LogP contribution is 2.01. The van der Waals surface area contributed by atoms with E-state index in [0.29, 0.717) is 0 Å². The number of carboxylic acids is 2. The van der Waals surface area contributed by atoms with Crippen molar-refractivity contribution < 1.29 is 34.4 Å². The molecule has 0 aliphatic rings. The number of rotatable bonds is 5. The second kappa shape index (κ2) is 14.7. The molecule has 0 radical (unpaired) electrons. The average molecular weight is 288 g/mol. The number of carbonyl (C=O) groups excluding carboxylic acids is 1. The summed E-state index contributed by atoms with van der Waals surface area (Å²) in [7, 11) is 1.31. The summed E-state index contributed by atoms with van der Waals surface area (Å²) in [5.41, 5.74) is 0.0463. The standard InChI is InChI=1S/C6H10O3.C4H6O2.C3H4O2/c1-4(6(8)9)3-5(2)7;1-3-4(5)6-2;1-2-3(4)5/h5,7H,1,3H2,2H3,(H,8,9);3H,1H2,2H3;2H,1H2,(H,4,5). The maximum atomic E-state index is 10.0. The van der Waals surface area contributed by atoms with Crippen LogP contribution in [0.5, 0.6) is 0 Å². The SMILES string of the molecule is C=C(CC(C)O)C(=O)O.C=CC(=O)O.C=CC(=O)OC. The van der Waals surface area contributed by atoms with Gasteiger partial charge in [0.2, 0.25) is 0 Å². The minimum Gasteiger partial charge on any atom is -0.478 e. The summed E-state index contributed by atoms with van der Waals surface area (Å²) in [5, 5.41) is 24.5. The second-order valence-corrected chi connectivity index (χ2v) is 3.23. The van der Waals surface area contributed by atoms with Gasteiger partial charge >= 0.3 is 17.9 Å². The van der Waals surface area contributed by atoms with Gasteiger partial charge < -0.3 is 20.1 Å². The van der Waals surface area contributed by atoms with E-state index in [-0.39, 0.29) is 12.0 Å². The van der Waals surface area contributed by atoms with Crippen LogP contribution in [-0.4, -0.2) is 46.4 Å². The van der Waals surface area contributed by atoms with E-state index in [4.69, 9.17) is 15.3 Å². The zero-order valence-electron chi connectivity index (χ0n) is 11.5. The van der Waals surface area contributed by atoms with Gasteiger partial charge in [0.05, 0.1) is 13.2 Å². The Hall–Kier alpha value is -2.41. The highest BCUT2D eigenvalue weighted by atomic mass is 16.5. The topological polar surface area (TPSA) is 121 Å². The molecule has 0 aliphatic carbocycles. The molecule has 0 spiro atoms. The van der Waals surface area contributed by atoms with Crippen molar-refractivity contribution in [1.29, 1.82) is 0 Å². The highest BCUT2D eigenvalue weighted by molar-refractivity contribution is 5.85. The molecule has 114 valence electrons. The molecule has 0 aromatic carbocycles. The molecular formula is C13H20O7. The Kier molecular flexibility index (Phi) is 16.7. The summed E-state index contributed by atoms with van der Waals surface area (Å²) in [5.74, 6) is -2.42. The molecule has 20 heavy (non-hydrogen) atoms. The van der Waals surface area contributed by atoms with Crippen LogP contribution in [0.1, 0.15) is 13.3 Å². The van der Waals surface area contributed by atoms with Crippen LogP contribution in [0.2, 0.25) is 0 Å². The Labute approximate surface area is 117 Å². The first kappa shape index (κ1) is 22.7. The summed E-state index contributed by atoms with van der Waals surface area (Å²) in [6.45, 7) is 10.9. The van der Waals surface area contributed by atoms with Crippen molar-refractivity contribution in [3.05, 3.63) is 37.5 Å². The molecule has 0 rings (SSSR count). The summed E-state index contributed by atoms with van der Waals surface area (Å²) in [4.78, 5) is 29.1. The Bertz CT molecular complexity index is 356. The second-order valence-electron chi connectivity index (χ2n) is 3.23. The van der Waals surface area contributed by atoms with E-state index in [2.05, 4.69) is 24.5 Å². The first-order valence-electron chi connectivity index (χ1n) is 5.27. The minimum absolute atomic E-state index is 0.0463. The first-order chi connectivity index (χ1) is 9.11. The third kappa shape index (κ3) is 24.7. The number of aliphatic hydroxyl groups excluding tert-OH is 1. The lowest BCUT2D eigenvalue weighted by Crippen LogP contribution is -2.07. The van der Waals surface area contributed by atoms with Crippen molar-refractivity contribution in [2.45, 2.75) is 19.4 Å².